The van der Waals surface area contributed by atoms with E-state index < -0.39 is 17.5 Å². The Balaban J connectivity index is 2.47. The van der Waals surface area contributed by atoms with Crippen molar-refractivity contribution in [2.75, 3.05) is 7.11 Å². The average molecular weight is 266 g/mol. The molecule has 0 unspecified atom stereocenters. The van der Waals surface area contributed by atoms with Gasteiger partial charge in [-0.2, -0.15) is 0 Å². The van der Waals surface area contributed by atoms with Crippen molar-refractivity contribution in [2.45, 2.75) is 33.0 Å². The highest BCUT2D eigenvalue weighted by Crippen LogP contribution is 2.12. The molecule has 0 saturated carbocycles. The number of benzene rings is 1. The summed E-state index contributed by atoms with van der Waals surface area (Å²) in [6.07, 6.45) is 0. The first-order chi connectivity index (χ1) is 8.81. The maximum atomic E-state index is 11.4. The van der Waals surface area contributed by atoms with Crippen LogP contribution in [0.4, 0.5) is 0 Å². The Kier molecular flexibility index (Phi) is 4.92. The summed E-state index contributed by atoms with van der Waals surface area (Å²) in [6.45, 7) is 5.06. The van der Waals surface area contributed by atoms with Crippen LogP contribution in [0, 0.1) is 0 Å². The zero-order valence-electron chi connectivity index (χ0n) is 11.6. The number of esters is 2. The van der Waals surface area contributed by atoms with E-state index in [0.29, 0.717) is 5.75 Å². The molecule has 0 saturated heterocycles. The standard InChI is InChI=1S/C14H18O5/c1-14(2,3)19-13(16)12(15)18-9-10-5-7-11(17-4)8-6-10/h5-8H,9H2,1-4H3. The molecule has 5 heteroatoms. The van der Waals surface area contributed by atoms with Crippen molar-refractivity contribution in [1.82, 2.24) is 0 Å². The van der Waals surface area contributed by atoms with Crippen molar-refractivity contribution in [2.24, 2.45) is 0 Å². The number of ether oxygens (including phenoxy) is 3. The van der Waals surface area contributed by atoms with Crippen LogP contribution in [0.5, 0.6) is 5.75 Å². The smallest absolute Gasteiger partial charge is 0.418 e. The van der Waals surface area contributed by atoms with Crippen molar-refractivity contribution in [1.29, 1.82) is 0 Å². The zero-order chi connectivity index (χ0) is 14.5. The summed E-state index contributed by atoms with van der Waals surface area (Å²) < 4.78 is 14.8. The lowest BCUT2D eigenvalue weighted by atomic mass is 10.2. The van der Waals surface area contributed by atoms with Crippen LogP contribution in [0.15, 0.2) is 24.3 Å². The lowest BCUT2D eigenvalue weighted by molar-refractivity contribution is -0.175. The summed E-state index contributed by atoms with van der Waals surface area (Å²) in [4.78, 5) is 22.8. The van der Waals surface area contributed by atoms with E-state index in [9.17, 15) is 9.59 Å². The first kappa shape index (κ1) is 15.0. The molecule has 1 rings (SSSR count). The minimum absolute atomic E-state index is 0.0159. The summed E-state index contributed by atoms with van der Waals surface area (Å²) in [6, 6.07) is 7.00. The van der Waals surface area contributed by atoms with Crippen LogP contribution >= 0.6 is 0 Å². The van der Waals surface area contributed by atoms with E-state index in [1.165, 1.54) is 0 Å². The van der Waals surface area contributed by atoms with Gasteiger partial charge in [-0.3, -0.25) is 0 Å². The van der Waals surface area contributed by atoms with Gasteiger partial charge >= 0.3 is 11.9 Å². The molecule has 0 amide bonds. The molecule has 0 aliphatic heterocycles. The second-order valence-electron chi connectivity index (χ2n) is 4.93. The average Bonchev–Trinajstić information content (AvgIpc) is 2.34. The molecule has 0 aliphatic carbocycles. The van der Waals surface area contributed by atoms with E-state index in [2.05, 4.69) is 0 Å². The van der Waals surface area contributed by atoms with E-state index in [1.807, 2.05) is 0 Å². The molecule has 1 aromatic rings. The topological polar surface area (TPSA) is 61.8 Å². The molecule has 0 aliphatic rings. The Morgan fingerprint density at radius 2 is 1.63 bits per heavy atom. The molecule has 0 fully saturated rings. The van der Waals surface area contributed by atoms with Crippen LogP contribution in [-0.4, -0.2) is 24.6 Å². The molecule has 104 valence electrons. The van der Waals surface area contributed by atoms with E-state index in [0.717, 1.165) is 5.56 Å². The molecule has 19 heavy (non-hydrogen) atoms. The van der Waals surface area contributed by atoms with Gasteiger partial charge < -0.3 is 14.2 Å². The van der Waals surface area contributed by atoms with Crippen molar-refractivity contribution < 1.29 is 23.8 Å². The van der Waals surface area contributed by atoms with Crippen molar-refractivity contribution in [3.63, 3.8) is 0 Å². The largest absolute Gasteiger partial charge is 0.497 e. The fourth-order valence-corrected chi connectivity index (χ4v) is 1.25. The molecule has 0 bridgehead atoms. The van der Waals surface area contributed by atoms with Crippen LogP contribution < -0.4 is 4.74 Å². The van der Waals surface area contributed by atoms with Crippen LogP contribution in [0.1, 0.15) is 26.3 Å². The Hall–Kier alpha value is -2.04. The van der Waals surface area contributed by atoms with Crippen molar-refractivity contribution in [3.8, 4) is 5.75 Å². The summed E-state index contributed by atoms with van der Waals surface area (Å²) in [5.74, 6) is -1.27. The van der Waals surface area contributed by atoms with Crippen molar-refractivity contribution in [3.05, 3.63) is 29.8 Å². The summed E-state index contributed by atoms with van der Waals surface area (Å²) >= 11 is 0. The Morgan fingerprint density at radius 1 is 1.05 bits per heavy atom. The van der Waals surface area contributed by atoms with E-state index in [1.54, 1.807) is 52.1 Å². The third kappa shape index (κ3) is 5.42. The maximum absolute atomic E-state index is 11.4. The van der Waals surface area contributed by atoms with Gasteiger partial charge in [-0.05, 0) is 38.5 Å². The highest BCUT2D eigenvalue weighted by atomic mass is 16.6. The van der Waals surface area contributed by atoms with E-state index >= 15 is 0 Å². The molecule has 0 heterocycles. The molecular weight excluding hydrogens is 248 g/mol. The van der Waals surface area contributed by atoms with Crippen LogP contribution in [0.2, 0.25) is 0 Å². The predicted molar refractivity (Wildman–Crippen MR) is 68.6 cm³/mol. The normalized spacial score (nSPS) is 10.7. The fraction of sp³-hybridized carbons (Fsp3) is 0.429. The summed E-state index contributed by atoms with van der Waals surface area (Å²) in [5, 5.41) is 0. The number of methoxy groups -OCH3 is 1. The summed E-state index contributed by atoms with van der Waals surface area (Å²) in [5.41, 5.74) is 0.0497. The number of hydrogen-bond acceptors (Lipinski definition) is 5. The highest BCUT2D eigenvalue weighted by molar-refractivity contribution is 6.29. The third-order valence-electron chi connectivity index (χ3n) is 2.09. The monoisotopic (exact) mass is 266 g/mol. The van der Waals surface area contributed by atoms with Gasteiger partial charge in [0.15, 0.2) is 0 Å². The molecular formula is C14H18O5. The molecule has 0 N–H and O–H groups in total. The number of carbonyl (C=O) groups excluding carboxylic acids is 2. The molecule has 5 nitrogen and oxygen atoms in total. The fourth-order valence-electron chi connectivity index (χ4n) is 1.25. The molecule has 1 aromatic carbocycles. The van der Waals surface area contributed by atoms with Crippen LogP contribution in [0.3, 0.4) is 0 Å². The van der Waals surface area contributed by atoms with Crippen molar-refractivity contribution >= 4 is 11.9 Å². The second-order valence-corrected chi connectivity index (χ2v) is 4.93. The SMILES string of the molecule is COc1ccc(COC(=O)C(=O)OC(C)(C)C)cc1. The van der Waals surface area contributed by atoms with Gasteiger partial charge in [-0.25, -0.2) is 9.59 Å². The molecule has 0 aromatic heterocycles. The van der Waals surface area contributed by atoms with Gasteiger partial charge in [0.05, 0.1) is 7.11 Å². The lowest BCUT2D eigenvalue weighted by Gasteiger charge is -2.18. The number of hydrogen-bond donors (Lipinski definition) is 0. The van der Waals surface area contributed by atoms with Gasteiger partial charge in [-0.1, -0.05) is 12.1 Å². The quantitative estimate of drug-likeness (QED) is 0.619. The van der Waals surface area contributed by atoms with E-state index in [-0.39, 0.29) is 6.61 Å². The molecule has 0 radical (unpaired) electrons. The molecule has 0 spiro atoms. The second kappa shape index (κ2) is 6.22. The minimum Gasteiger partial charge on any atom is -0.497 e. The minimum atomic E-state index is -0.995. The van der Waals surface area contributed by atoms with E-state index in [4.69, 9.17) is 14.2 Å². The lowest BCUT2D eigenvalue weighted by Crippen LogP contribution is -2.30. The zero-order valence-corrected chi connectivity index (χ0v) is 11.6. The Morgan fingerprint density at radius 3 is 2.11 bits per heavy atom. The Bertz CT molecular complexity index is 442. The number of rotatable bonds is 3. The molecule has 0 atom stereocenters. The first-order valence-electron chi connectivity index (χ1n) is 5.85. The van der Waals surface area contributed by atoms with Crippen LogP contribution in [0.25, 0.3) is 0 Å². The predicted octanol–water partition coefficient (Wildman–Crippen LogP) is 2.08. The van der Waals surface area contributed by atoms with Gasteiger partial charge in [0.1, 0.15) is 18.0 Å². The van der Waals surface area contributed by atoms with Gasteiger partial charge in [-0.15, -0.1) is 0 Å². The van der Waals surface area contributed by atoms with Crippen LogP contribution in [-0.2, 0) is 25.7 Å². The van der Waals surface area contributed by atoms with Gasteiger partial charge in [0.25, 0.3) is 0 Å². The first-order valence-corrected chi connectivity index (χ1v) is 5.85. The highest BCUT2D eigenvalue weighted by Gasteiger charge is 2.24. The Labute approximate surface area is 112 Å². The summed E-state index contributed by atoms with van der Waals surface area (Å²) in [7, 11) is 1.57. The maximum Gasteiger partial charge on any atom is 0.418 e. The van der Waals surface area contributed by atoms with Gasteiger partial charge in [0, 0.05) is 0 Å². The number of carbonyl (C=O) groups is 2. The third-order valence-corrected chi connectivity index (χ3v) is 2.09. The van der Waals surface area contributed by atoms with Gasteiger partial charge in [0.2, 0.25) is 0 Å².